The van der Waals surface area contributed by atoms with Crippen molar-refractivity contribution < 1.29 is 19.1 Å². The minimum absolute atomic E-state index is 0.407. The minimum Gasteiger partial charge on any atom is -0.497 e. The predicted molar refractivity (Wildman–Crippen MR) is 111 cm³/mol. The Kier molecular flexibility index (Phi) is 6.51. The van der Waals surface area contributed by atoms with E-state index in [9.17, 15) is 9.59 Å². The van der Waals surface area contributed by atoms with Crippen molar-refractivity contribution >= 4 is 28.9 Å². The van der Waals surface area contributed by atoms with Gasteiger partial charge in [0.2, 0.25) is 11.8 Å². The zero-order chi connectivity index (χ0) is 20.9. The second-order valence-electron chi connectivity index (χ2n) is 7.04. The maximum atomic E-state index is 12.8. The van der Waals surface area contributed by atoms with E-state index in [1.807, 2.05) is 31.1 Å². The molecule has 2 rings (SSSR count). The zero-order valence-electron chi connectivity index (χ0n) is 17.1. The predicted octanol–water partition coefficient (Wildman–Crippen LogP) is 3.37. The van der Waals surface area contributed by atoms with Crippen LogP contribution in [0.25, 0.3) is 0 Å². The smallest absolute Gasteiger partial charge is 0.239 e. The molecule has 0 saturated heterocycles. The van der Waals surface area contributed by atoms with Crippen LogP contribution in [0, 0.1) is 5.41 Å². The van der Waals surface area contributed by atoms with Crippen LogP contribution < -0.4 is 25.0 Å². The average Bonchev–Trinajstić information content (AvgIpc) is 2.68. The van der Waals surface area contributed by atoms with Gasteiger partial charge in [0.1, 0.15) is 16.9 Å². The maximum absolute atomic E-state index is 12.8. The molecule has 0 aliphatic rings. The van der Waals surface area contributed by atoms with Crippen molar-refractivity contribution in [2.24, 2.45) is 5.41 Å². The van der Waals surface area contributed by atoms with Gasteiger partial charge in [-0.05, 0) is 50.2 Å². The summed E-state index contributed by atoms with van der Waals surface area (Å²) in [6.45, 7) is 3.14. The molecule has 0 atom stereocenters. The summed E-state index contributed by atoms with van der Waals surface area (Å²) in [4.78, 5) is 27.4. The first-order valence-corrected chi connectivity index (χ1v) is 8.81. The molecule has 2 N–H and O–H groups in total. The van der Waals surface area contributed by atoms with Gasteiger partial charge < -0.3 is 25.0 Å². The van der Waals surface area contributed by atoms with Gasteiger partial charge in [0.15, 0.2) is 0 Å². The molecular formula is C21H27N3O4. The van der Waals surface area contributed by atoms with E-state index in [0.29, 0.717) is 22.9 Å². The van der Waals surface area contributed by atoms with Crippen molar-refractivity contribution in [1.29, 1.82) is 0 Å². The molecule has 0 radical (unpaired) electrons. The quantitative estimate of drug-likeness (QED) is 0.715. The Morgan fingerprint density at radius 3 is 2.04 bits per heavy atom. The number of hydrogen-bond donors (Lipinski definition) is 2. The largest absolute Gasteiger partial charge is 0.497 e. The first kappa shape index (κ1) is 21.1. The van der Waals surface area contributed by atoms with Gasteiger partial charge in [-0.3, -0.25) is 9.59 Å². The van der Waals surface area contributed by atoms with Crippen LogP contribution in [0.3, 0.4) is 0 Å². The molecular weight excluding hydrogens is 358 g/mol. The van der Waals surface area contributed by atoms with Gasteiger partial charge in [-0.25, -0.2) is 0 Å². The Labute approximate surface area is 165 Å². The minimum atomic E-state index is -1.30. The van der Waals surface area contributed by atoms with E-state index < -0.39 is 17.2 Å². The van der Waals surface area contributed by atoms with Crippen molar-refractivity contribution in [1.82, 2.24) is 0 Å². The lowest BCUT2D eigenvalue weighted by Gasteiger charge is -2.23. The highest BCUT2D eigenvalue weighted by atomic mass is 16.5. The number of carbonyl (C=O) groups excluding carboxylic acids is 2. The molecule has 0 saturated carbocycles. The molecule has 2 aromatic carbocycles. The molecule has 7 heteroatoms. The molecule has 0 aromatic heterocycles. The molecule has 0 unspecified atom stereocenters. The Bertz CT molecular complexity index is 845. The second kappa shape index (κ2) is 8.65. The third kappa shape index (κ3) is 4.73. The molecule has 0 bridgehead atoms. The van der Waals surface area contributed by atoms with Crippen molar-refractivity contribution in [3.05, 3.63) is 42.5 Å². The van der Waals surface area contributed by atoms with E-state index in [1.54, 1.807) is 51.3 Å². The lowest BCUT2D eigenvalue weighted by molar-refractivity contribution is -0.135. The molecule has 0 fully saturated rings. The van der Waals surface area contributed by atoms with Crippen LogP contribution in [0.4, 0.5) is 17.1 Å². The Balaban J connectivity index is 2.12. The summed E-state index contributed by atoms with van der Waals surface area (Å²) in [5.74, 6) is 0.199. The monoisotopic (exact) mass is 385 g/mol. The van der Waals surface area contributed by atoms with Gasteiger partial charge in [-0.15, -0.1) is 0 Å². The lowest BCUT2D eigenvalue weighted by atomic mass is 9.90. The first-order valence-electron chi connectivity index (χ1n) is 8.81. The molecule has 0 heterocycles. The topological polar surface area (TPSA) is 79.9 Å². The molecule has 150 valence electrons. The van der Waals surface area contributed by atoms with E-state index in [-0.39, 0.29) is 0 Å². The molecule has 2 amide bonds. The third-order valence-corrected chi connectivity index (χ3v) is 4.43. The number of amides is 2. The van der Waals surface area contributed by atoms with Crippen LogP contribution in [0.1, 0.15) is 13.8 Å². The molecule has 0 aliphatic carbocycles. The van der Waals surface area contributed by atoms with Crippen molar-refractivity contribution in [2.45, 2.75) is 13.8 Å². The molecule has 7 nitrogen and oxygen atoms in total. The van der Waals surface area contributed by atoms with Crippen molar-refractivity contribution in [3.63, 3.8) is 0 Å². The lowest BCUT2D eigenvalue weighted by Crippen LogP contribution is -2.41. The number of anilines is 3. The van der Waals surface area contributed by atoms with Crippen LogP contribution in [-0.4, -0.2) is 40.1 Å². The van der Waals surface area contributed by atoms with Gasteiger partial charge in [-0.1, -0.05) is 0 Å². The van der Waals surface area contributed by atoms with Gasteiger partial charge in [-0.2, -0.15) is 0 Å². The van der Waals surface area contributed by atoms with Crippen LogP contribution in [-0.2, 0) is 9.59 Å². The number of carbonyl (C=O) groups is 2. The number of nitrogens with zero attached hydrogens (tertiary/aromatic N) is 1. The zero-order valence-corrected chi connectivity index (χ0v) is 17.1. The Morgan fingerprint density at radius 2 is 1.50 bits per heavy atom. The number of benzene rings is 2. The number of nitrogens with one attached hydrogen (secondary N) is 2. The fraction of sp³-hybridized carbons (Fsp3) is 0.333. The highest BCUT2D eigenvalue weighted by molar-refractivity contribution is 6.14. The summed E-state index contributed by atoms with van der Waals surface area (Å²) in [6, 6.07) is 12.4. The molecule has 2 aromatic rings. The summed E-state index contributed by atoms with van der Waals surface area (Å²) < 4.78 is 10.4. The summed E-state index contributed by atoms with van der Waals surface area (Å²) in [6.07, 6.45) is 0. The van der Waals surface area contributed by atoms with Crippen molar-refractivity contribution in [3.8, 4) is 11.5 Å². The molecule has 0 spiro atoms. The fourth-order valence-corrected chi connectivity index (χ4v) is 2.41. The van der Waals surface area contributed by atoms with Crippen LogP contribution in [0.2, 0.25) is 0 Å². The normalized spacial score (nSPS) is 10.8. The van der Waals surface area contributed by atoms with Crippen LogP contribution in [0.5, 0.6) is 11.5 Å². The summed E-state index contributed by atoms with van der Waals surface area (Å²) in [5, 5.41) is 5.55. The number of methoxy groups -OCH3 is 2. The second-order valence-corrected chi connectivity index (χ2v) is 7.04. The number of rotatable bonds is 7. The van der Waals surface area contributed by atoms with Gasteiger partial charge >= 0.3 is 0 Å². The summed E-state index contributed by atoms with van der Waals surface area (Å²) in [7, 11) is 6.92. The fourth-order valence-electron chi connectivity index (χ4n) is 2.41. The molecule has 28 heavy (non-hydrogen) atoms. The van der Waals surface area contributed by atoms with Gasteiger partial charge in [0.25, 0.3) is 0 Å². The average molecular weight is 385 g/mol. The van der Waals surface area contributed by atoms with Gasteiger partial charge in [0.05, 0.1) is 19.9 Å². The van der Waals surface area contributed by atoms with Gasteiger partial charge in [0, 0.05) is 31.5 Å². The number of hydrogen-bond acceptors (Lipinski definition) is 5. The van der Waals surface area contributed by atoms with E-state index in [4.69, 9.17) is 9.47 Å². The van der Waals surface area contributed by atoms with Crippen LogP contribution >= 0.6 is 0 Å². The highest BCUT2D eigenvalue weighted by Crippen LogP contribution is 2.31. The SMILES string of the molecule is COc1ccc(NC(=O)C(C)(C)C(=O)Nc2ccc(N(C)C)cc2)c(OC)c1. The Hall–Kier alpha value is -3.22. The Morgan fingerprint density at radius 1 is 0.893 bits per heavy atom. The maximum Gasteiger partial charge on any atom is 0.239 e. The first-order chi connectivity index (χ1) is 13.2. The molecule has 0 aliphatic heterocycles. The highest BCUT2D eigenvalue weighted by Gasteiger charge is 2.36. The number of ether oxygens (including phenoxy) is 2. The summed E-state index contributed by atoms with van der Waals surface area (Å²) >= 11 is 0. The summed E-state index contributed by atoms with van der Waals surface area (Å²) in [5.41, 5.74) is 0.801. The van der Waals surface area contributed by atoms with E-state index in [1.165, 1.54) is 7.11 Å². The van der Waals surface area contributed by atoms with E-state index in [0.717, 1.165) is 5.69 Å². The van der Waals surface area contributed by atoms with E-state index in [2.05, 4.69) is 10.6 Å². The standard InChI is InChI=1S/C21H27N3O4/c1-21(2,19(25)22-14-7-9-15(10-8-14)24(3)4)20(26)23-17-12-11-16(27-5)13-18(17)28-6/h7-13H,1-6H3,(H,22,25)(H,23,26). The van der Waals surface area contributed by atoms with E-state index >= 15 is 0 Å². The van der Waals surface area contributed by atoms with Crippen LogP contribution in [0.15, 0.2) is 42.5 Å². The van der Waals surface area contributed by atoms with Crippen molar-refractivity contribution in [2.75, 3.05) is 43.8 Å². The third-order valence-electron chi connectivity index (χ3n) is 4.43.